The van der Waals surface area contributed by atoms with Gasteiger partial charge in [0.15, 0.2) is 0 Å². The molecule has 0 saturated carbocycles. The number of alkyl halides is 1. The standard InChI is InChI=1S/C10H9ClFN/c11-9-2-1-7(3-9)8-4-10(12)6-13-5-8/h3-6,9H,1-2H2. The highest BCUT2D eigenvalue weighted by Gasteiger charge is 2.14. The number of hydrogen-bond donors (Lipinski definition) is 0. The second-order valence-corrected chi connectivity index (χ2v) is 3.70. The van der Waals surface area contributed by atoms with E-state index in [-0.39, 0.29) is 11.2 Å². The van der Waals surface area contributed by atoms with Gasteiger partial charge in [0.05, 0.1) is 11.6 Å². The van der Waals surface area contributed by atoms with E-state index in [1.54, 1.807) is 6.20 Å². The molecule has 0 N–H and O–H groups in total. The number of allylic oxidation sites excluding steroid dienone is 2. The van der Waals surface area contributed by atoms with E-state index in [4.69, 9.17) is 11.6 Å². The Morgan fingerprint density at radius 3 is 2.92 bits per heavy atom. The molecule has 13 heavy (non-hydrogen) atoms. The van der Waals surface area contributed by atoms with Crippen molar-refractivity contribution in [1.82, 2.24) is 4.98 Å². The van der Waals surface area contributed by atoms with Crippen LogP contribution in [0.4, 0.5) is 4.39 Å². The molecule has 1 aliphatic carbocycles. The van der Waals surface area contributed by atoms with Crippen molar-refractivity contribution in [3.05, 3.63) is 35.9 Å². The van der Waals surface area contributed by atoms with Crippen molar-refractivity contribution >= 4 is 17.2 Å². The molecule has 0 amide bonds. The van der Waals surface area contributed by atoms with Gasteiger partial charge < -0.3 is 0 Å². The van der Waals surface area contributed by atoms with Crippen LogP contribution < -0.4 is 0 Å². The third-order valence-electron chi connectivity index (χ3n) is 2.15. The summed E-state index contributed by atoms with van der Waals surface area (Å²) in [6, 6.07) is 1.49. The second-order valence-electron chi connectivity index (χ2n) is 3.14. The summed E-state index contributed by atoms with van der Waals surface area (Å²) in [4.78, 5) is 3.79. The zero-order chi connectivity index (χ0) is 9.26. The zero-order valence-electron chi connectivity index (χ0n) is 7.00. The summed E-state index contributed by atoms with van der Waals surface area (Å²) < 4.78 is 12.8. The fraction of sp³-hybridized carbons (Fsp3) is 0.300. The smallest absolute Gasteiger partial charge is 0.142 e. The summed E-state index contributed by atoms with van der Waals surface area (Å²) in [5, 5.41) is 0.0956. The molecular formula is C10H9ClFN. The van der Waals surface area contributed by atoms with Crippen molar-refractivity contribution in [2.24, 2.45) is 0 Å². The lowest BCUT2D eigenvalue weighted by molar-refractivity contribution is 0.620. The number of aromatic nitrogens is 1. The van der Waals surface area contributed by atoms with Gasteiger partial charge in [0.25, 0.3) is 0 Å². The minimum Gasteiger partial charge on any atom is -0.261 e. The topological polar surface area (TPSA) is 12.9 Å². The fourth-order valence-corrected chi connectivity index (χ4v) is 1.77. The number of halogens is 2. The van der Waals surface area contributed by atoms with Gasteiger partial charge in [-0.05, 0) is 30.0 Å². The Morgan fingerprint density at radius 1 is 1.46 bits per heavy atom. The van der Waals surface area contributed by atoms with Crippen LogP contribution in [0.15, 0.2) is 24.5 Å². The monoisotopic (exact) mass is 197 g/mol. The van der Waals surface area contributed by atoms with E-state index in [2.05, 4.69) is 4.98 Å². The van der Waals surface area contributed by atoms with Gasteiger partial charge in [-0.3, -0.25) is 4.98 Å². The first kappa shape index (κ1) is 8.70. The molecular weight excluding hydrogens is 189 g/mol. The Bertz CT molecular complexity index is 349. The minimum absolute atomic E-state index is 0.0956. The summed E-state index contributed by atoms with van der Waals surface area (Å²) in [5.41, 5.74) is 1.95. The molecule has 0 saturated heterocycles. The van der Waals surface area contributed by atoms with Crippen LogP contribution in [0.3, 0.4) is 0 Å². The van der Waals surface area contributed by atoms with Crippen molar-refractivity contribution in [2.75, 3.05) is 0 Å². The molecule has 1 nitrogen and oxygen atoms in total. The maximum absolute atomic E-state index is 12.8. The van der Waals surface area contributed by atoms with Crippen LogP contribution in [0.25, 0.3) is 5.57 Å². The van der Waals surface area contributed by atoms with Crippen LogP contribution in [-0.4, -0.2) is 10.4 Å². The second kappa shape index (κ2) is 3.46. The lowest BCUT2D eigenvalue weighted by atomic mass is 10.1. The van der Waals surface area contributed by atoms with E-state index < -0.39 is 0 Å². The van der Waals surface area contributed by atoms with Gasteiger partial charge in [-0.25, -0.2) is 4.39 Å². The first-order valence-corrected chi connectivity index (χ1v) is 4.65. The van der Waals surface area contributed by atoms with Crippen LogP contribution in [0.2, 0.25) is 0 Å². The lowest BCUT2D eigenvalue weighted by Crippen LogP contribution is -1.85. The van der Waals surface area contributed by atoms with Crippen molar-refractivity contribution < 1.29 is 4.39 Å². The highest BCUT2D eigenvalue weighted by molar-refractivity contribution is 6.22. The summed E-state index contributed by atoms with van der Waals surface area (Å²) in [6.07, 6.45) is 6.70. The van der Waals surface area contributed by atoms with Gasteiger partial charge in [0, 0.05) is 6.20 Å². The van der Waals surface area contributed by atoms with Gasteiger partial charge >= 0.3 is 0 Å². The molecule has 1 aliphatic rings. The fourth-order valence-electron chi connectivity index (χ4n) is 1.51. The van der Waals surface area contributed by atoms with Crippen molar-refractivity contribution in [3.63, 3.8) is 0 Å². The molecule has 3 heteroatoms. The van der Waals surface area contributed by atoms with Crippen LogP contribution in [-0.2, 0) is 0 Å². The number of rotatable bonds is 1. The summed E-state index contributed by atoms with van der Waals surface area (Å²) in [5.74, 6) is -0.295. The third-order valence-corrected chi connectivity index (χ3v) is 2.49. The molecule has 0 fully saturated rings. The van der Waals surface area contributed by atoms with Gasteiger partial charge in [-0.1, -0.05) is 6.08 Å². The van der Waals surface area contributed by atoms with Gasteiger partial charge in [-0.2, -0.15) is 0 Å². The SMILES string of the molecule is Fc1cncc(C2=CC(Cl)CC2)c1. The lowest BCUT2D eigenvalue weighted by Gasteiger charge is -1.99. The predicted molar refractivity (Wildman–Crippen MR) is 51.0 cm³/mol. The molecule has 0 spiro atoms. The summed E-state index contributed by atoms with van der Waals surface area (Å²) in [7, 11) is 0. The number of nitrogens with zero attached hydrogens (tertiary/aromatic N) is 1. The van der Waals surface area contributed by atoms with E-state index in [0.29, 0.717) is 0 Å². The zero-order valence-corrected chi connectivity index (χ0v) is 7.76. The molecule has 0 aliphatic heterocycles. The van der Waals surface area contributed by atoms with Gasteiger partial charge in [-0.15, -0.1) is 11.6 Å². The molecule has 1 heterocycles. The van der Waals surface area contributed by atoms with Gasteiger partial charge in [0.2, 0.25) is 0 Å². The maximum atomic E-state index is 12.8. The first-order chi connectivity index (χ1) is 6.25. The maximum Gasteiger partial charge on any atom is 0.142 e. The molecule has 1 aromatic heterocycles. The first-order valence-electron chi connectivity index (χ1n) is 4.21. The Morgan fingerprint density at radius 2 is 2.31 bits per heavy atom. The molecule has 0 aromatic carbocycles. The largest absolute Gasteiger partial charge is 0.261 e. The minimum atomic E-state index is -0.295. The van der Waals surface area contributed by atoms with E-state index in [0.717, 1.165) is 24.0 Å². The molecule has 1 atom stereocenters. The Hall–Kier alpha value is -0.890. The van der Waals surface area contributed by atoms with Crippen LogP contribution in [0.1, 0.15) is 18.4 Å². The van der Waals surface area contributed by atoms with Crippen molar-refractivity contribution in [1.29, 1.82) is 0 Å². The predicted octanol–water partition coefficient (Wildman–Crippen LogP) is 3.01. The third kappa shape index (κ3) is 1.89. The van der Waals surface area contributed by atoms with E-state index in [9.17, 15) is 4.39 Å². The molecule has 2 rings (SSSR count). The quantitative estimate of drug-likeness (QED) is 0.631. The summed E-state index contributed by atoms with van der Waals surface area (Å²) in [6.45, 7) is 0. The molecule has 68 valence electrons. The average Bonchev–Trinajstić information content (AvgIpc) is 2.52. The molecule has 0 radical (unpaired) electrons. The van der Waals surface area contributed by atoms with Crippen LogP contribution in [0.5, 0.6) is 0 Å². The molecule has 1 aromatic rings. The highest BCUT2D eigenvalue weighted by Crippen LogP contribution is 2.30. The van der Waals surface area contributed by atoms with E-state index >= 15 is 0 Å². The average molecular weight is 198 g/mol. The van der Waals surface area contributed by atoms with E-state index in [1.807, 2.05) is 6.08 Å². The van der Waals surface area contributed by atoms with Crippen LogP contribution >= 0.6 is 11.6 Å². The highest BCUT2D eigenvalue weighted by atomic mass is 35.5. The Labute approximate surface area is 81.2 Å². The molecule has 0 bridgehead atoms. The Balaban J connectivity index is 2.31. The number of pyridine rings is 1. The normalized spacial score (nSPS) is 21.7. The molecule has 1 unspecified atom stereocenters. The van der Waals surface area contributed by atoms with Crippen LogP contribution in [0, 0.1) is 5.82 Å². The van der Waals surface area contributed by atoms with Crippen molar-refractivity contribution in [2.45, 2.75) is 18.2 Å². The summed E-state index contributed by atoms with van der Waals surface area (Å²) >= 11 is 5.91. The Kier molecular flexibility index (Phi) is 2.32. The van der Waals surface area contributed by atoms with Crippen molar-refractivity contribution in [3.8, 4) is 0 Å². The number of hydrogen-bond acceptors (Lipinski definition) is 1. The van der Waals surface area contributed by atoms with Gasteiger partial charge in [0.1, 0.15) is 5.82 Å². The van der Waals surface area contributed by atoms with E-state index in [1.165, 1.54) is 12.3 Å².